The summed E-state index contributed by atoms with van der Waals surface area (Å²) in [6.07, 6.45) is 1.79. The first-order valence-corrected chi connectivity index (χ1v) is 9.19. The summed E-state index contributed by atoms with van der Waals surface area (Å²) in [5.74, 6) is 0. The molecule has 3 rings (SSSR count). The van der Waals surface area contributed by atoms with Gasteiger partial charge in [-0.15, -0.1) is 0 Å². The van der Waals surface area contributed by atoms with Crippen molar-refractivity contribution >= 4 is 10.0 Å². The second kappa shape index (κ2) is 6.78. The molecular weight excluding hydrogens is 310 g/mol. The SMILES string of the molecule is Cc1ccccc1S(=O)(=O)N1CCN(Cc2ccccn2)CC1. The minimum atomic E-state index is -3.40. The Morgan fingerprint density at radius 2 is 1.70 bits per heavy atom. The third kappa shape index (κ3) is 3.60. The minimum Gasteiger partial charge on any atom is -0.295 e. The summed E-state index contributed by atoms with van der Waals surface area (Å²) in [6.45, 7) is 5.08. The number of benzene rings is 1. The lowest BCUT2D eigenvalue weighted by molar-refractivity contribution is 0.180. The maximum Gasteiger partial charge on any atom is 0.243 e. The molecule has 1 aliphatic rings. The lowest BCUT2D eigenvalue weighted by Gasteiger charge is -2.34. The third-order valence-electron chi connectivity index (χ3n) is 4.15. The van der Waals surface area contributed by atoms with Gasteiger partial charge in [-0.25, -0.2) is 8.42 Å². The zero-order chi connectivity index (χ0) is 16.3. The predicted molar refractivity (Wildman–Crippen MR) is 89.5 cm³/mol. The Morgan fingerprint density at radius 1 is 1.00 bits per heavy atom. The Kier molecular flexibility index (Phi) is 4.75. The predicted octanol–water partition coefficient (Wildman–Crippen LogP) is 1.90. The molecule has 1 fully saturated rings. The van der Waals surface area contributed by atoms with Crippen LogP contribution in [0.2, 0.25) is 0 Å². The van der Waals surface area contributed by atoms with Gasteiger partial charge in [0.1, 0.15) is 0 Å². The molecule has 0 atom stereocenters. The number of pyridine rings is 1. The Balaban J connectivity index is 1.66. The lowest BCUT2D eigenvalue weighted by atomic mass is 10.2. The fourth-order valence-electron chi connectivity index (χ4n) is 2.83. The highest BCUT2D eigenvalue weighted by Gasteiger charge is 2.29. The molecule has 2 aromatic rings. The van der Waals surface area contributed by atoms with Gasteiger partial charge in [0.15, 0.2) is 0 Å². The monoisotopic (exact) mass is 331 g/mol. The topological polar surface area (TPSA) is 53.5 Å². The van der Waals surface area contributed by atoms with E-state index in [0.29, 0.717) is 18.0 Å². The molecule has 1 aromatic heterocycles. The van der Waals surface area contributed by atoms with Crippen LogP contribution < -0.4 is 0 Å². The third-order valence-corrected chi connectivity index (χ3v) is 6.21. The van der Waals surface area contributed by atoms with Crippen molar-refractivity contribution in [3.05, 3.63) is 59.9 Å². The van der Waals surface area contributed by atoms with E-state index in [0.717, 1.165) is 30.9 Å². The number of aryl methyl sites for hydroxylation is 1. The van der Waals surface area contributed by atoms with Crippen LogP contribution in [0.5, 0.6) is 0 Å². The molecule has 0 saturated carbocycles. The Bertz CT molecular complexity index is 754. The molecule has 1 saturated heterocycles. The maximum atomic E-state index is 12.8. The maximum absolute atomic E-state index is 12.8. The smallest absolute Gasteiger partial charge is 0.243 e. The highest BCUT2D eigenvalue weighted by atomic mass is 32.2. The standard InChI is InChI=1S/C17H21N3O2S/c1-15-6-2-3-8-17(15)23(21,22)20-12-10-19(11-13-20)14-16-7-4-5-9-18-16/h2-9H,10-14H2,1H3. The zero-order valence-corrected chi connectivity index (χ0v) is 14.0. The second-order valence-corrected chi connectivity index (χ2v) is 7.67. The summed E-state index contributed by atoms with van der Waals surface area (Å²) in [5.41, 5.74) is 1.81. The minimum absolute atomic E-state index is 0.415. The molecule has 0 spiro atoms. The van der Waals surface area contributed by atoms with Gasteiger partial charge in [0, 0.05) is 38.9 Å². The first-order valence-electron chi connectivity index (χ1n) is 7.75. The molecule has 0 aliphatic carbocycles. The second-order valence-electron chi connectivity index (χ2n) is 5.77. The fourth-order valence-corrected chi connectivity index (χ4v) is 4.48. The normalized spacial score (nSPS) is 17.3. The number of aromatic nitrogens is 1. The van der Waals surface area contributed by atoms with Crippen molar-refractivity contribution in [1.82, 2.24) is 14.2 Å². The summed E-state index contributed by atoms with van der Waals surface area (Å²) < 4.78 is 27.1. The zero-order valence-electron chi connectivity index (χ0n) is 13.2. The van der Waals surface area contributed by atoms with E-state index in [4.69, 9.17) is 0 Å². The molecule has 0 bridgehead atoms. The van der Waals surface area contributed by atoms with E-state index in [9.17, 15) is 8.42 Å². The number of rotatable bonds is 4. The van der Waals surface area contributed by atoms with Gasteiger partial charge in [0.2, 0.25) is 10.0 Å². The van der Waals surface area contributed by atoms with Crippen molar-refractivity contribution < 1.29 is 8.42 Å². The van der Waals surface area contributed by atoms with Crippen molar-refractivity contribution in [3.8, 4) is 0 Å². The highest BCUT2D eigenvalue weighted by Crippen LogP contribution is 2.21. The van der Waals surface area contributed by atoms with Crippen LogP contribution in [0.25, 0.3) is 0 Å². The Labute approximate surface area is 137 Å². The molecule has 0 amide bonds. The van der Waals surface area contributed by atoms with Crippen molar-refractivity contribution in [2.24, 2.45) is 0 Å². The van der Waals surface area contributed by atoms with Crippen molar-refractivity contribution in [3.63, 3.8) is 0 Å². The molecule has 0 radical (unpaired) electrons. The van der Waals surface area contributed by atoms with Crippen LogP contribution in [0, 0.1) is 6.92 Å². The van der Waals surface area contributed by atoms with E-state index in [-0.39, 0.29) is 0 Å². The first-order chi connectivity index (χ1) is 11.1. The van der Waals surface area contributed by atoms with Crippen LogP contribution in [0.15, 0.2) is 53.6 Å². The van der Waals surface area contributed by atoms with Crippen molar-refractivity contribution in [2.75, 3.05) is 26.2 Å². The molecule has 2 heterocycles. The number of nitrogens with zero attached hydrogens (tertiary/aromatic N) is 3. The summed E-state index contributed by atoms with van der Waals surface area (Å²) in [5, 5.41) is 0. The van der Waals surface area contributed by atoms with E-state index in [1.165, 1.54) is 0 Å². The van der Waals surface area contributed by atoms with Gasteiger partial charge in [0.25, 0.3) is 0 Å². The van der Waals surface area contributed by atoms with Gasteiger partial charge < -0.3 is 0 Å². The molecule has 23 heavy (non-hydrogen) atoms. The van der Waals surface area contributed by atoms with Crippen LogP contribution in [0.3, 0.4) is 0 Å². The number of hydrogen-bond donors (Lipinski definition) is 0. The summed E-state index contributed by atoms with van der Waals surface area (Å²) in [4.78, 5) is 6.98. The van der Waals surface area contributed by atoms with Gasteiger partial charge in [-0.3, -0.25) is 9.88 Å². The molecule has 1 aliphatic heterocycles. The van der Waals surface area contributed by atoms with Crippen molar-refractivity contribution in [2.45, 2.75) is 18.4 Å². The number of hydrogen-bond acceptors (Lipinski definition) is 4. The molecule has 5 nitrogen and oxygen atoms in total. The van der Waals surface area contributed by atoms with E-state index < -0.39 is 10.0 Å². The highest BCUT2D eigenvalue weighted by molar-refractivity contribution is 7.89. The summed E-state index contributed by atoms with van der Waals surface area (Å²) in [6, 6.07) is 13.0. The Morgan fingerprint density at radius 3 is 2.35 bits per heavy atom. The average molecular weight is 331 g/mol. The molecular formula is C17H21N3O2S. The quantitative estimate of drug-likeness (QED) is 0.859. The van der Waals surface area contributed by atoms with Crippen LogP contribution in [0.4, 0.5) is 0 Å². The van der Waals surface area contributed by atoms with Crippen molar-refractivity contribution in [1.29, 1.82) is 0 Å². The van der Waals surface area contributed by atoms with Gasteiger partial charge in [0.05, 0.1) is 10.6 Å². The van der Waals surface area contributed by atoms with Crippen LogP contribution in [0.1, 0.15) is 11.3 Å². The van der Waals surface area contributed by atoms with Crippen LogP contribution >= 0.6 is 0 Å². The molecule has 0 unspecified atom stereocenters. The van der Waals surface area contributed by atoms with Gasteiger partial charge in [-0.2, -0.15) is 4.31 Å². The van der Waals surface area contributed by atoms with Gasteiger partial charge >= 0.3 is 0 Å². The van der Waals surface area contributed by atoms with E-state index in [1.807, 2.05) is 37.3 Å². The van der Waals surface area contributed by atoms with E-state index in [2.05, 4.69) is 9.88 Å². The first kappa shape index (κ1) is 16.1. The number of piperazine rings is 1. The van der Waals surface area contributed by atoms with Gasteiger partial charge in [-0.05, 0) is 30.7 Å². The molecule has 122 valence electrons. The lowest BCUT2D eigenvalue weighted by Crippen LogP contribution is -2.48. The van der Waals surface area contributed by atoms with Crippen LogP contribution in [-0.2, 0) is 16.6 Å². The molecule has 6 heteroatoms. The van der Waals surface area contributed by atoms with Gasteiger partial charge in [-0.1, -0.05) is 24.3 Å². The number of sulfonamides is 1. The summed E-state index contributed by atoms with van der Waals surface area (Å²) in [7, 11) is -3.40. The van der Waals surface area contributed by atoms with E-state index >= 15 is 0 Å². The van der Waals surface area contributed by atoms with Crippen LogP contribution in [-0.4, -0.2) is 48.8 Å². The fraction of sp³-hybridized carbons (Fsp3) is 0.353. The largest absolute Gasteiger partial charge is 0.295 e. The summed E-state index contributed by atoms with van der Waals surface area (Å²) >= 11 is 0. The van der Waals surface area contributed by atoms with E-state index in [1.54, 1.807) is 22.6 Å². The Hall–Kier alpha value is -1.76. The average Bonchev–Trinajstić information content (AvgIpc) is 2.56. The molecule has 0 N–H and O–H groups in total. The molecule has 1 aromatic carbocycles.